The molecule has 0 fully saturated rings. The summed E-state index contributed by atoms with van der Waals surface area (Å²) in [6, 6.07) is 10.9. The summed E-state index contributed by atoms with van der Waals surface area (Å²) in [7, 11) is 0. The molecule has 0 amide bonds. The molecule has 1 N–H and O–H groups in total. The van der Waals surface area contributed by atoms with Gasteiger partial charge in [0.05, 0.1) is 12.2 Å². The van der Waals surface area contributed by atoms with Crippen LogP contribution in [-0.2, 0) is 4.74 Å². The molecule has 0 aliphatic heterocycles. The summed E-state index contributed by atoms with van der Waals surface area (Å²) < 4.78 is 16.5. The molecule has 0 radical (unpaired) electrons. The molecule has 2 aromatic carbocycles. The third-order valence-electron chi connectivity index (χ3n) is 3.14. The van der Waals surface area contributed by atoms with Gasteiger partial charge in [-0.05, 0) is 43.3 Å². The van der Waals surface area contributed by atoms with E-state index in [4.69, 9.17) is 14.2 Å². The van der Waals surface area contributed by atoms with Gasteiger partial charge in [0.1, 0.15) is 23.7 Å². The third-order valence-corrected chi connectivity index (χ3v) is 3.64. The number of carboxylic acid groups (broad SMARTS) is 1. The first-order valence-electron chi connectivity index (χ1n) is 7.57. The highest BCUT2D eigenvalue weighted by Crippen LogP contribution is 2.24. The molecule has 6 nitrogen and oxygen atoms in total. The lowest BCUT2D eigenvalue weighted by Crippen LogP contribution is -2.12. The highest BCUT2D eigenvalue weighted by atomic mass is 79.9. The van der Waals surface area contributed by atoms with E-state index in [1.165, 1.54) is 18.2 Å². The predicted octanol–water partition coefficient (Wildman–Crippen LogP) is 3.78. The molecule has 132 valence electrons. The van der Waals surface area contributed by atoms with Crippen molar-refractivity contribution in [2.75, 3.05) is 19.8 Å². The van der Waals surface area contributed by atoms with Crippen molar-refractivity contribution in [1.29, 1.82) is 0 Å². The first-order chi connectivity index (χ1) is 12.0. The van der Waals surface area contributed by atoms with E-state index < -0.39 is 11.9 Å². The van der Waals surface area contributed by atoms with E-state index in [1.807, 2.05) is 6.92 Å². The van der Waals surface area contributed by atoms with Crippen molar-refractivity contribution < 1.29 is 28.9 Å². The number of halogens is 1. The molecule has 0 saturated carbocycles. The lowest BCUT2D eigenvalue weighted by Gasteiger charge is -2.10. The van der Waals surface area contributed by atoms with Crippen LogP contribution in [0.4, 0.5) is 0 Å². The molecule has 0 unspecified atom stereocenters. The Kier molecular flexibility index (Phi) is 6.97. The maximum atomic E-state index is 12.3. The Bertz CT molecular complexity index is 759. The second-order valence-electron chi connectivity index (χ2n) is 4.91. The number of benzene rings is 2. The van der Waals surface area contributed by atoms with Crippen LogP contribution in [-0.4, -0.2) is 36.9 Å². The Labute approximate surface area is 153 Å². The van der Waals surface area contributed by atoms with Crippen molar-refractivity contribution in [2.24, 2.45) is 0 Å². The quantitative estimate of drug-likeness (QED) is 0.406. The van der Waals surface area contributed by atoms with Crippen molar-refractivity contribution in [3.63, 3.8) is 0 Å². The zero-order valence-electron chi connectivity index (χ0n) is 13.5. The largest absolute Gasteiger partial charge is 0.491 e. The number of hydrogen-bond acceptors (Lipinski definition) is 5. The maximum absolute atomic E-state index is 12.3. The van der Waals surface area contributed by atoms with Crippen molar-refractivity contribution in [1.82, 2.24) is 0 Å². The number of carbonyl (C=O) groups excluding carboxylic acids is 1. The van der Waals surface area contributed by atoms with Gasteiger partial charge in [0.25, 0.3) is 0 Å². The molecule has 0 aromatic heterocycles. The van der Waals surface area contributed by atoms with Crippen LogP contribution in [0.15, 0.2) is 46.9 Å². The molecule has 25 heavy (non-hydrogen) atoms. The summed E-state index contributed by atoms with van der Waals surface area (Å²) in [5.41, 5.74) is 0.153. The van der Waals surface area contributed by atoms with Crippen LogP contribution in [0.2, 0.25) is 0 Å². The lowest BCUT2D eigenvalue weighted by atomic mass is 10.2. The number of rotatable bonds is 8. The SMILES string of the molecule is CCOCCOc1cccc(C(=O)Oc2ccc(Br)cc2C(=O)O)c1. The monoisotopic (exact) mass is 408 g/mol. The van der Waals surface area contributed by atoms with E-state index in [9.17, 15) is 14.7 Å². The molecule has 0 bridgehead atoms. The van der Waals surface area contributed by atoms with Gasteiger partial charge >= 0.3 is 11.9 Å². The van der Waals surface area contributed by atoms with Crippen LogP contribution < -0.4 is 9.47 Å². The summed E-state index contributed by atoms with van der Waals surface area (Å²) in [4.78, 5) is 23.6. The van der Waals surface area contributed by atoms with Gasteiger partial charge in [-0.2, -0.15) is 0 Å². The molecule has 0 aliphatic carbocycles. The summed E-state index contributed by atoms with van der Waals surface area (Å²) >= 11 is 3.19. The van der Waals surface area contributed by atoms with Crippen LogP contribution >= 0.6 is 15.9 Å². The smallest absolute Gasteiger partial charge is 0.343 e. The lowest BCUT2D eigenvalue weighted by molar-refractivity contribution is 0.0681. The Hall–Kier alpha value is -2.38. The fraction of sp³-hybridized carbons (Fsp3) is 0.222. The Morgan fingerprint density at radius 1 is 1.12 bits per heavy atom. The van der Waals surface area contributed by atoms with Crippen molar-refractivity contribution >= 4 is 27.9 Å². The normalized spacial score (nSPS) is 10.3. The molecule has 2 rings (SSSR count). The zero-order chi connectivity index (χ0) is 18.2. The molecule has 0 spiro atoms. The van der Waals surface area contributed by atoms with Crippen LogP contribution in [0.1, 0.15) is 27.6 Å². The van der Waals surface area contributed by atoms with Crippen LogP contribution in [0.3, 0.4) is 0 Å². The van der Waals surface area contributed by atoms with Gasteiger partial charge in [-0.1, -0.05) is 22.0 Å². The minimum Gasteiger partial charge on any atom is -0.491 e. The van der Waals surface area contributed by atoms with Crippen molar-refractivity contribution in [3.05, 3.63) is 58.1 Å². The summed E-state index contributed by atoms with van der Waals surface area (Å²) in [6.45, 7) is 3.31. The van der Waals surface area contributed by atoms with E-state index in [0.717, 1.165) is 0 Å². The number of ether oxygens (including phenoxy) is 3. The molecular formula is C18H17BrO6. The summed E-state index contributed by atoms with van der Waals surface area (Å²) in [5, 5.41) is 9.21. The van der Waals surface area contributed by atoms with Gasteiger partial charge < -0.3 is 19.3 Å². The maximum Gasteiger partial charge on any atom is 0.343 e. The number of carbonyl (C=O) groups is 2. The molecule has 0 heterocycles. The van der Waals surface area contributed by atoms with Gasteiger partial charge in [-0.25, -0.2) is 9.59 Å². The van der Waals surface area contributed by atoms with Gasteiger partial charge in [-0.3, -0.25) is 0 Å². The second kappa shape index (κ2) is 9.19. The number of hydrogen-bond donors (Lipinski definition) is 1. The molecular weight excluding hydrogens is 392 g/mol. The number of esters is 1. The number of aromatic carboxylic acids is 1. The minimum atomic E-state index is -1.18. The van der Waals surface area contributed by atoms with Gasteiger partial charge in [-0.15, -0.1) is 0 Å². The average molecular weight is 409 g/mol. The molecule has 0 atom stereocenters. The fourth-order valence-corrected chi connectivity index (χ4v) is 2.35. The second-order valence-corrected chi connectivity index (χ2v) is 5.82. The summed E-state index contributed by atoms with van der Waals surface area (Å²) in [6.07, 6.45) is 0. The molecule has 0 saturated heterocycles. The topological polar surface area (TPSA) is 82.1 Å². The molecule has 7 heteroatoms. The Balaban J connectivity index is 2.10. The van der Waals surface area contributed by atoms with E-state index in [2.05, 4.69) is 15.9 Å². The Morgan fingerprint density at radius 2 is 1.92 bits per heavy atom. The molecule has 0 aliphatic rings. The van der Waals surface area contributed by atoms with Gasteiger partial charge in [0.15, 0.2) is 0 Å². The fourth-order valence-electron chi connectivity index (χ4n) is 1.99. The first kappa shape index (κ1) is 19.0. The zero-order valence-corrected chi connectivity index (χ0v) is 15.1. The predicted molar refractivity (Wildman–Crippen MR) is 94.5 cm³/mol. The van der Waals surface area contributed by atoms with E-state index >= 15 is 0 Å². The van der Waals surface area contributed by atoms with Crippen LogP contribution in [0.5, 0.6) is 11.5 Å². The number of carboxylic acids is 1. The first-order valence-corrected chi connectivity index (χ1v) is 8.36. The van der Waals surface area contributed by atoms with Gasteiger partial charge in [0.2, 0.25) is 0 Å². The van der Waals surface area contributed by atoms with Crippen LogP contribution in [0.25, 0.3) is 0 Å². The van der Waals surface area contributed by atoms with E-state index in [0.29, 0.717) is 30.0 Å². The highest BCUT2D eigenvalue weighted by molar-refractivity contribution is 9.10. The van der Waals surface area contributed by atoms with E-state index in [-0.39, 0.29) is 16.9 Å². The Morgan fingerprint density at radius 3 is 2.64 bits per heavy atom. The third kappa shape index (κ3) is 5.58. The minimum absolute atomic E-state index is 0.0247. The standard InChI is InChI=1S/C18H17BrO6/c1-2-23-8-9-24-14-5-3-4-12(10-14)18(22)25-16-7-6-13(19)11-15(16)17(20)21/h3-7,10-11H,2,8-9H2,1H3,(H,20,21). The summed E-state index contributed by atoms with van der Waals surface area (Å²) in [5.74, 6) is -1.37. The van der Waals surface area contributed by atoms with Crippen molar-refractivity contribution in [3.8, 4) is 11.5 Å². The van der Waals surface area contributed by atoms with Crippen LogP contribution in [0, 0.1) is 0 Å². The highest BCUT2D eigenvalue weighted by Gasteiger charge is 2.16. The molecule has 2 aromatic rings. The van der Waals surface area contributed by atoms with Gasteiger partial charge in [0, 0.05) is 11.1 Å². The van der Waals surface area contributed by atoms with E-state index in [1.54, 1.807) is 24.3 Å². The average Bonchev–Trinajstić information content (AvgIpc) is 2.60. The van der Waals surface area contributed by atoms with Crippen molar-refractivity contribution in [2.45, 2.75) is 6.92 Å².